The van der Waals surface area contributed by atoms with Crippen LogP contribution in [0.5, 0.6) is 0 Å². The Morgan fingerprint density at radius 1 is 1.17 bits per heavy atom. The van der Waals surface area contributed by atoms with Crippen molar-refractivity contribution in [1.82, 2.24) is 14.1 Å². The molecule has 2 atom stereocenters. The molecule has 1 fully saturated rings. The fourth-order valence-electron chi connectivity index (χ4n) is 3.37. The normalized spacial score (nSPS) is 20.5. The lowest BCUT2D eigenvalue weighted by molar-refractivity contribution is -0.0440. The minimum Gasteiger partial charge on any atom is -0.373 e. The lowest BCUT2D eigenvalue weighted by Crippen LogP contribution is -2.48. The number of rotatable bonds is 7. The highest BCUT2D eigenvalue weighted by atomic mass is 32.2. The number of amides is 1. The van der Waals surface area contributed by atoms with E-state index in [1.165, 1.54) is 28.6 Å². The maximum Gasteiger partial charge on any atom is 0.256 e. The van der Waals surface area contributed by atoms with Crippen LogP contribution in [0.15, 0.2) is 41.4 Å². The van der Waals surface area contributed by atoms with Gasteiger partial charge in [0.2, 0.25) is 10.0 Å². The molecule has 1 aromatic carbocycles. The van der Waals surface area contributed by atoms with Gasteiger partial charge < -0.3 is 10.1 Å². The number of morpholine rings is 1. The summed E-state index contributed by atoms with van der Waals surface area (Å²) in [4.78, 5) is 12.7. The van der Waals surface area contributed by atoms with E-state index in [0.29, 0.717) is 24.5 Å². The summed E-state index contributed by atoms with van der Waals surface area (Å²) in [6, 6.07) is 7.75. The van der Waals surface area contributed by atoms with Crippen LogP contribution in [-0.4, -0.2) is 53.7 Å². The smallest absolute Gasteiger partial charge is 0.256 e. The van der Waals surface area contributed by atoms with Crippen molar-refractivity contribution in [3.63, 3.8) is 0 Å². The number of nitrogens with zero attached hydrogens (tertiary/aromatic N) is 3. The first-order valence-electron chi connectivity index (χ1n) is 9.90. The number of hydrogen-bond acceptors (Lipinski definition) is 5. The van der Waals surface area contributed by atoms with Crippen molar-refractivity contribution >= 4 is 21.7 Å². The van der Waals surface area contributed by atoms with Gasteiger partial charge in [0.25, 0.3) is 5.91 Å². The topological polar surface area (TPSA) is 93.5 Å². The van der Waals surface area contributed by atoms with Crippen LogP contribution in [0.4, 0.5) is 5.82 Å². The van der Waals surface area contributed by atoms with E-state index in [-0.39, 0.29) is 23.0 Å². The highest BCUT2D eigenvalue weighted by Crippen LogP contribution is 2.22. The van der Waals surface area contributed by atoms with E-state index >= 15 is 0 Å². The summed E-state index contributed by atoms with van der Waals surface area (Å²) < 4.78 is 34.6. The lowest BCUT2D eigenvalue weighted by Gasteiger charge is -2.34. The summed E-state index contributed by atoms with van der Waals surface area (Å²) in [7, 11) is -3.63. The maximum absolute atomic E-state index is 12.9. The molecule has 2 unspecified atom stereocenters. The van der Waals surface area contributed by atoms with Gasteiger partial charge in [-0.1, -0.05) is 13.3 Å². The summed E-state index contributed by atoms with van der Waals surface area (Å²) in [6.45, 7) is 7.17. The Kier molecular flexibility index (Phi) is 6.71. The molecule has 1 amide bonds. The third-order valence-corrected chi connectivity index (χ3v) is 6.67. The van der Waals surface area contributed by atoms with Gasteiger partial charge in [0.15, 0.2) is 0 Å². The van der Waals surface area contributed by atoms with Gasteiger partial charge in [-0.3, -0.25) is 4.79 Å². The van der Waals surface area contributed by atoms with Crippen molar-refractivity contribution in [1.29, 1.82) is 0 Å². The molecule has 1 aliphatic heterocycles. The molecule has 158 valence electrons. The molecule has 0 radical (unpaired) electrons. The second-order valence-corrected chi connectivity index (χ2v) is 9.29. The molecule has 3 rings (SSSR count). The molecule has 1 aromatic heterocycles. The van der Waals surface area contributed by atoms with Crippen LogP contribution >= 0.6 is 0 Å². The number of sulfonamides is 1. The predicted molar refractivity (Wildman–Crippen MR) is 110 cm³/mol. The first kappa shape index (κ1) is 21.5. The highest BCUT2D eigenvalue weighted by Gasteiger charge is 2.32. The number of carbonyl (C=O) groups is 1. The molecular weight excluding hydrogens is 392 g/mol. The van der Waals surface area contributed by atoms with Gasteiger partial charge in [-0.05, 0) is 44.5 Å². The van der Waals surface area contributed by atoms with Crippen LogP contribution in [0.3, 0.4) is 0 Å². The lowest BCUT2D eigenvalue weighted by atomic mass is 10.2. The number of aromatic nitrogens is 2. The van der Waals surface area contributed by atoms with Crippen molar-refractivity contribution in [3.05, 3.63) is 42.1 Å². The Morgan fingerprint density at radius 3 is 2.45 bits per heavy atom. The van der Waals surface area contributed by atoms with E-state index in [9.17, 15) is 13.2 Å². The largest absolute Gasteiger partial charge is 0.373 e. The van der Waals surface area contributed by atoms with E-state index in [0.717, 1.165) is 19.4 Å². The van der Waals surface area contributed by atoms with E-state index in [4.69, 9.17) is 4.74 Å². The van der Waals surface area contributed by atoms with Gasteiger partial charge in [0, 0.05) is 31.3 Å². The van der Waals surface area contributed by atoms with E-state index in [2.05, 4.69) is 17.3 Å². The number of carbonyl (C=O) groups excluding carboxylic acids is 1. The van der Waals surface area contributed by atoms with Crippen LogP contribution in [0.2, 0.25) is 0 Å². The molecule has 0 bridgehead atoms. The van der Waals surface area contributed by atoms with Gasteiger partial charge >= 0.3 is 0 Å². The summed E-state index contributed by atoms with van der Waals surface area (Å²) >= 11 is 0. The summed E-state index contributed by atoms with van der Waals surface area (Å²) in [5, 5.41) is 7.05. The van der Waals surface area contributed by atoms with Gasteiger partial charge in [0.05, 0.1) is 23.3 Å². The van der Waals surface area contributed by atoms with Gasteiger partial charge in [-0.2, -0.15) is 9.40 Å². The van der Waals surface area contributed by atoms with E-state index in [1.807, 2.05) is 13.8 Å². The predicted octanol–water partition coefficient (Wildman–Crippen LogP) is 2.73. The molecule has 0 aliphatic carbocycles. The number of ether oxygens (including phenoxy) is 1. The molecule has 1 saturated heterocycles. The molecular formula is C20H28N4O4S. The quantitative estimate of drug-likeness (QED) is 0.743. The molecule has 2 aromatic rings. The van der Waals surface area contributed by atoms with Crippen molar-refractivity contribution in [2.24, 2.45) is 0 Å². The number of anilines is 1. The van der Waals surface area contributed by atoms with Crippen LogP contribution in [0.25, 0.3) is 0 Å². The monoisotopic (exact) mass is 420 g/mol. The summed E-state index contributed by atoms with van der Waals surface area (Å²) in [5.41, 5.74) is 0.385. The minimum absolute atomic E-state index is 0.156. The summed E-state index contributed by atoms with van der Waals surface area (Å²) in [6.07, 6.45) is 3.33. The van der Waals surface area contributed by atoms with Crippen molar-refractivity contribution < 1.29 is 17.9 Å². The summed E-state index contributed by atoms with van der Waals surface area (Å²) in [5.74, 6) is 0.317. The Labute approximate surface area is 171 Å². The molecule has 9 heteroatoms. The Hall–Kier alpha value is -2.23. The zero-order valence-electron chi connectivity index (χ0n) is 17.0. The van der Waals surface area contributed by atoms with Crippen LogP contribution < -0.4 is 5.32 Å². The maximum atomic E-state index is 12.9. The van der Waals surface area contributed by atoms with E-state index in [1.54, 1.807) is 16.9 Å². The first-order chi connectivity index (χ1) is 13.8. The zero-order chi connectivity index (χ0) is 21.0. The molecule has 0 saturated carbocycles. The average molecular weight is 421 g/mol. The Bertz CT molecular complexity index is 930. The molecule has 1 N–H and O–H groups in total. The molecule has 0 spiro atoms. The molecule has 29 heavy (non-hydrogen) atoms. The first-order valence-corrected chi connectivity index (χ1v) is 11.3. The third kappa shape index (κ3) is 5.04. The number of nitrogens with one attached hydrogen (secondary N) is 1. The van der Waals surface area contributed by atoms with Gasteiger partial charge in [-0.25, -0.2) is 13.1 Å². The fourth-order valence-corrected chi connectivity index (χ4v) is 4.96. The number of benzene rings is 1. The van der Waals surface area contributed by atoms with Crippen molar-refractivity contribution in [3.8, 4) is 0 Å². The van der Waals surface area contributed by atoms with Gasteiger partial charge in [0.1, 0.15) is 5.82 Å². The van der Waals surface area contributed by atoms with Crippen LogP contribution in [0, 0.1) is 0 Å². The number of aryl methyl sites for hydroxylation is 1. The number of hydrogen-bond donors (Lipinski definition) is 1. The SMILES string of the molecule is CCCCn1nccc1NC(=O)c1ccc(S(=O)(=O)N2CC(C)OC(C)C2)cc1. The molecule has 1 aliphatic rings. The van der Waals surface area contributed by atoms with E-state index < -0.39 is 10.0 Å². The average Bonchev–Trinajstić information content (AvgIpc) is 3.12. The molecule has 2 heterocycles. The van der Waals surface area contributed by atoms with Crippen LogP contribution in [-0.2, 0) is 21.3 Å². The standard InChI is InChI=1S/C20H28N4O4S/c1-4-5-12-24-19(10-11-21-24)22-20(25)17-6-8-18(9-7-17)29(26,27)23-13-15(2)28-16(3)14-23/h6-11,15-16H,4-5,12-14H2,1-3H3,(H,22,25). The van der Waals surface area contributed by atoms with Crippen molar-refractivity contribution in [2.45, 2.75) is 57.3 Å². The van der Waals surface area contributed by atoms with Crippen LogP contribution in [0.1, 0.15) is 44.0 Å². The van der Waals surface area contributed by atoms with Gasteiger partial charge in [-0.15, -0.1) is 0 Å². The Balaban J connectivity index is 1.71. The zero-order valence-corrected chi connectivity index (χ0v) is 17.9. The molecule has 8 nitrogen and oxygen atoms in total. The third-order valence-electron chi connectivity index (χ3n) is 4.82. The second-order valence-electron chi connectivity index (χ2n) is 7.35. The minimum atomic E-state index is -3.63. The highest BCUT2D eigenvalue weighted by molar-refractivity contribution is 7.89. The Morgan fingerprint density at radius 2 is 1.83 bits per heavy atom. The fraction of sp³-hybridized carbons (Fsp3) is 0.500. The second kappa shape index (κ2) is 9.06. The van der Waals surface area contributed by atoms with Crippen molar-refractivity contribution in [2.75, 3.05) is 18.4 Å². The number of unbranched alkanes of at least 4 members (excludes halogenated alkanes) is 1.